The van der Waals surface area contributed by atoms with Gasteiger partial charge in [-0.3, -0.25) is 9.69 Å². The molecule has 0 saturated carbocycles. The molecule has 7 heteroatoms. The standard InChI is InChI=1S/C21H25N3O2S.ClH/c1-16-9-10-18-19(15-16)27-21(22-18)24(13-12-23(2)3)20(25)11-14-26-17-7-5-4-6-8-17;/h4-10,15H,11-14H2,1-3H3;1H. The molecule has 0 bridgehead atoms. The lowest BCUT2D eigenvalue weighted by Crippen LogP contribution is -2.37. The van der Waals surface area contributed by atoms with Crippen LogP contribution >= 0.6 is 23.7 Å². The van der Waals surface area contributed by atoms with E-state index in [9.17, 15) is 4.79 Å². The summed E-state index contributed by atoms with van der Waals surface area (Å²) < 4.78 is 6.79. The van der Waals surface area contributed by atoms with Gasteiger partial charge < -0.3 is 9.64 Å². The maximum atomic E-state index is 12.9. The summed E-state index contributed by atoms with van der Waals surface area (Å²) in [6.45, 7) is 3.80. The number of rotatable bonds is 8. The molecule has 0 radical (unpaired) electrons. The predicted molar refractivity (Wildman–Crippen MR) is 119 cm³/mol. The van der Waals surface area contributed by atoms with Crippen molar-refractivity contribution >= 4 is 45.0 Å². The molecule has 0 aliphatic carbocycles. The van der Waals surface area contributed by atoms with E-state index in [0.717, 1.165) is 27.6 Å². The van der Waals surface area contributed by atoms with Crippen molar-refractivity contribution in [2.24, 2.45) is 0 Å². The summed E-state index contributed by atoms with van der Waals surface area (Å²) in [6, 6.07) is 15.7. The van der Waals surface area contributed by atoms with Crippen LogP contribution in [0.1, 0.15) is 12.0 Å². The highest BCUT2D eigenvalue weighted by atomic mass is 35.5. The minimum atomic E-state index is 0. The molecule has 0 N–H and O–H groups in total. The van der Waals surface area contributed by atoms with Gasteiger partial charge in [-0.15, -0.1) is 12.4 Å². The summed E-state index contributed by atoms with van der Waals surface area (Å²) in [5.74, 6) is 0.809. The summed E-state index contributed by atoms with van der Waals surface area (Å²) in [4.78, 5) is 21.4. The maximum Gasteiger partial charge on any atom is 0.232 e. The van der Waals surface area contributed by atoms with Gasteiger partial charge in [-0.1, -0.05) is 35.6 Å². The van der Waals surface area contributed by atoms with Crippen LogP contribution < -0.4 is 9.64 Å². The van der Waals surface area contributed by atoms with E-state index >= 15 is 0 Å². The van der Waals surface area contributed by atoms with E-state index in [1.165, 1.54) is 5.56 Å². The number of hydrogen-bond donors (Lipinski definition) is 0. The van der Waals surface area contributed by atoms with Crippen LogP contribution in [0.25, 0.3) is 10.2 Å². The van der Waals surface area contributed by atoms with Gasteiger partial charge in [0.05, 0.1) is 23.2 Å². The highest BCUT2D eigenvalue weighted by Gasteiger charge is 2.20. The molecule has 0 spiro atoms. The van der Waals surface area contributed by atoms with Crippen molar-refractivity contribution in [2.75, 3.05) is 38.7 Å². The van der Waals surface area contributed by atoms with Gasteiger partial charge in [0.1, 0.15) is 5.75 Å². The Hall–Kier alpha value is -2.15. The van der Waals surface area contributed by atoms with Crippen molar-refractivity contribution in [3.05, 3.63) is 54.1 Å². The van der Waals surface area contributed by atoms with E-state index in [1.54, 1.807) is 16.2 Å². The van der Waals surface area contributed by atoms with Crippen LogP contribution in [0.3, 0.4) is 0 Å². The normalized spacial score (nSPS) is 10.7. The Bertz CT molecular complexity index is 899. The zero-order valence-electron chi connectivity index (χ0n) is 16.4. The van der Waals surface area contributed by atoms with Crippen LogP contribution in [0.15, 0.2) is 48.5 Å². The molecule has 0 unspecified atom stereocenters. The predicted octanol–water partition coefficient (Wildman–Crippen LogP) is 4.39. The number of amides is 1. The zero-order valence-corrected chi connectivity index (χ0v) is 18.1. The fraction of sp³-hybridized carbons (Fsp3) is 0.333. The second-order valence-corrected chi connectivity index (χ2v) is 7.74. The fourth-order valence-electron chi connectivity index (χ4n) is 2.67. The summed E-state index contributed by atoms with van der Waals surface area (Å²) in [7, 11) is 4.01. The van der Waals surface area contributed by atoms with Gasteiger partial charge in [-0.25, -0.2) is 4.98 Å². The first kappa shape index (κ1) is 22.1. The largest absolute Gasteiger partial charge is 0.493 e. The zero-order chi connectivity index (χ0) is 19.2. The number of aromatic nitrogens is 1. The van der Waals surface area contributed by atoms with Gasteiger partial charge in [0.25, 0.3) is 0 Å². The van der Waals surface area contributed by atoms with Crippen molar-refractivity contribution in [2.45, 2.75) is 13.3 Å². The van der Waals surface area contributed by atoms with Gasteiger partial charge in [0.15, 0.2) is 5.13 Å². The number of anilines is 1. The number of benzene rings is 2. The van der Waals surface area contributed by atoms with Crippen LogP contribution in [-0.2, 0) is 4.79 Å². The number of fused-ring (bicyclic) bond motifs is 1. The molecule has 0 aliphatic rings. The molecule has 0 atom stereocenters. The first-order valence-electron chi connectivity index (χ1n) is 9.03. The Kier molecular flexibility index (Phi) is 8.23. The second kappa shape index (κ2) is 10.4. The van der Waals surface area contributed by atoms with E-state index in [0.29, 0.717) is 19.6 Å². The topological polar surface area (TPSA) is 45.7 Å². The highest BCUT2D eigenvalue weighted by Crippen LogP contribution is 2.29. The number of ether oxygens (including phenoxy) is 1. The van der Waals surface area contributed by atoms with E-state index in [2.05, 4.69) is 22.9 Å². The number of carbonyl (C=O) groups excluding carboxylic acids is 1. The fourth-order valence-corrected chi connectivity index (χ4v) is 3.78. The van der Waals surface area contributed by atoms with Crippen molar-refractivity contribution in [1.29, 1.82) is 0 Å². The number of likely N-dealkylation sites (N-methyl/N-ethyl adjacent to an activating group) is 1. The SMILES string of the molecule is Cc1ccc2nc(N(CCN(C)C)C(=O)CCOc3ccccc3)sc2c1.Cl. The number of para-hydroxylation sites is 1. The lowest BCUT2D eigenvalue weighted by molar-refractivity contribution is -0.119. The molecule has 0 saturated heterocycles. The van der Waals surface area contributed by atoms with E-state index < -0.39 is 0 Å². The lowest BCUT2D eigenvalue weighted by Gasteiger charge is -2.22. The van der Waals surface area contributed by atoms with E-state index in [4.69, 9.17) is 4.74 Å². The van der Waals surface area contributed by atoms with Crippen LogP contribution in [0.4, 0.5) is 5.13 Å². The number of halogens is 1. The summed E-state index contributed by atoms with van der Waals surface area (Å²) in [5.41, 5.74) is 2.13. The molecule has 28 heavy (non-hydrogen) atoms. The smallest absolute Gasteiger partial charge is 0.232 e. The molecule has 1 aromatic heterocycles. The van der Waals surface area contributed by atoms with Gasteiger partial charge in [-0.05, 0) is 50.8 Å². The molecule has 2 aromatic carbocycles. The molecule has 0 aliphatic heterocycles. The number of hydrogen-bond acceptors (Lipinski definition) is 5. The molecule has 1 heterocycles. The third kappa shape index (κ3) is 5.92. The Balaban J connectivity index is 0.00000280. The third-order valence-electron chi connectivity index (χ3n) is 4.16. The summed E-state index contributed by atoms with van der Waals surface area (Å²) in [6.07, 6.45) is 0.317. The van der Waals surface area contributed by atoms with Gasteiger partial charge in [-0.2, -0.15) is 0 Å². The average Bonchev–Trinajstić information content (AvgIpc) is 3.05. The van der Waals surface area contributed by atoms with Crippen LogP contribution in [-0.4, -0.2) is 49.6 Å². The molecule has 3 aromatic rings. The van der Waals surface area contributed by atoms with E-state index in [1.807, 2.05) is 56.6 Å². The minimum Gasteiger partial charge on any atom is -0.493 e. The number of aryl methyl sites for hydroxylation is 1. The Morgan fingerprint density at radius 1 is 1.11 bits per heavy atom. The van der Waals surface area contributed by atoms with Gasteiger partial charge in [0.2, 0.25) is 5.91 Å². The van der Waals surface area contributed by atoms with Crippen LogP contribution in [0.2, 0.25) is 0 Å². The molecular formula is C21H26ClN3O2S. The minimum absolute atomic E-state index is 0. The molecule has 0 fully saturated rings. The lowest BCUT2D eigenvalue weighted by atomic mass is 10.2. The van der Waals surface area contributed by atoms with Crippen molar-refractivity contribution in [3.8, 4) is 5.75 Å². The summed E-state index contributed by atoms with van der Waals surface area (Å²) >= 11 is 1.56. The molecule has 150 valence electrons. The number of nitrogens with zero attached hydrogens (tertiary/aromatic N) is 3. The van der Waals surface area contributed by atoms with Crippen molar-refractivity contribution < 1.29 is 9.53 Å². The third-order valence-corrected chi connectivity index (χ3v) is 5.20. The van der Waals surface area contributed by atoms with Crippen LogP contribution in [0, 0.1) is 6.92 Å². The maximum absolute atomic E-state index is 12.9. The molecular weight excluding hydrogens is 394 g/mol. The van der Waals surface area contributed by atoms with Gasteiger partial charge in [0, 0.05) is 13.1 Å². The highest BCUT2D eigenvalue weighted by molar-refractivity contribution is 7.22. The van der Waals surface area contributed by atoms with Gasteiger partial charge >= 0.3 is 0 Å². The first-order valence-corrected chi connectivity index (χ1v) is 9.85. The monoisotopic (exact) mass is 419 g/mol. The molecule has 5 nitrogen and oxygen atoms in total. The Labute approximate surface area is 176 Å². The number of thiazole rings is 1. The molecule has 3 rings (SSSR count). The van der Waals surface area contributed by atoms with Crippen molar-refractivity contribution in [3.63, 3.8) is 0 Å². The van der Waals surface area contributed by atoms with E-state index in [-0.39, 0.29) is 18.3 Å². The van der Waals surface area contributed by atoms with Crippen molar-refractivity contribution in [1.82, 2.24) is 9.88 Å². The summed E-state index contributed by atoms with van der Waals surface area (Å²) in [5, 5.41) is 0.752. The number of carbonyl (C=O) groups is 1. The Morgan fingerprint density at radius 2 is 1.86 bits per heavy atom. The van der Waals surface area contributed by atoms with Crippen LogP contribution in [0.5, 0.6) is 5.75 Å². The average molecular weight is 420 g/mol. The quantitative estimate of drug-likeness (QED) is 0.543. The Morgan fingerprint density at radius 3 is 2.57 bits per heavy atom. The second-order valence-electron chi connectivity index (χ2n) is 6.73. The molecule has 1 amide bonds. The first-order chi connectivity index (χ1) is 13.0.